The first-order valence-corrected chi connectivity index (χ1v) is 5.82. The minimum atomic E-state index is 0.125. The molecule has 0 spiro atoms. The van der Waals surface area contributed by atoms with Crippen molar-refractivity contribution in [2.75, 3.05) is 20.3 Å². The number of hydrogen-bond donors (Lipinski definition) is 1. The van der Waals surface area contributed by atoms with Crippen LogP contribution in [0.5, 0.6) is 0 Å². The Balaban J connectivity index is 2.58. The van der Waals surface area contributed by atoms with E-state index in [9.17, 15) is 0 Å². The SMILES string of the molecule is CN(CO)CCc1ccc(C(C)(C)C)cc1. The van der Waals surface area contributed by atoms with Crippen LogP contribution in [0, 0.1) is 0 Å². The van der Waals surface area contributed by atoms with Crippen LogP contribution in [0.25, 0.3) is 0 Å². The van der Waals surface area contributed by atoms with Gasteiger partial charge < -0.3 is 5.11 Å². The van der Waals surface area contributed by atoms with Gasteiger partial charge in [-0.1, -0.05) is 45.0 Å². The Kier molecular flexibility index (Phi) is 4.51. The molecule has 1 aromatic carbocycles. The standard InChI is InChI=1S/C14H23NO/c1-14(2,3)13-7-5-12(6-8-13)9-10-15(4)11-16/h5-8,16H,9-11H2,1-4H3. The summed E-state index contributed by atoms with van der Waals surface area (Å²) in [4.78, 5) is 1.90. The van der Waals surface area contributed by atoms with E-state index in [1.54, 1.807) is 0 Å². The Hall–Kier alpha value is -0.860. The number of likely N-dealkylation sites (N-methyl/N-ethyl adjacent to an activating group) is 1. The normalized spacial score (nSPS) is 12.1. The lowest BCUT2D eigenvalue weighted by molar-refractivity contribution is 0.134. The number of aliphatic hydroxyl groups excluding tert-OH is 1. The molecule has 0 aliphatic heterocycles. The fourth-order valence-corrected chi connectivity index (χ4v) is 1.56. The van der Waals surface area contributed by atoms with E-state index in [-0.39, 0.29) is 12.1 Å². The van der Waals surface area contributed by atoms with Gasteiger partial charge in [-0.15, -0.1) is 0 Å². The lowest BCUT2D eigenvalue weighted by Gasteiger charge is -2.19. The van der Waals surface area contributed by atoms with Gasteiger partial charge in [-0.3, -0.25) is 4.90 Å². The fraction of sp³-hybridized carbons (Fsp3) is 0.571. The first-order valence-electron chi connectivity index (χ1n) is 5.82. The highest BCUT2D eigenvalue weighted by molar-refractivity contribution is 5.27. The van der Waals surface area contributed by atoms with Crippen LogP contribution < -0.4 is 0 Å². The molecule has 0 fully saturated rings. The molecule has 0 unspecified atom stereocenters. The fourth-order valence-electron chi connectivity index (χ4n) is 1.56. The van der Waals surface area contributed by atoms with Gasteiger partial charge in [0.05, 0.1) is 6.73 Å². The molecule has 0 heterocycles. The molecule has 90 valence electrons. The third kappa shape index (κ3) is 3.95. The van der Waals surface area contributed by atoms with Gasteiger partial charge in [0.25, 0.3) is 0 Å². The average molecular weight is 221 g/mol. The van der Waals surface area contributed by atoms with Gasteiger partial charge in [-0.05, 0) is 30.0 Å². The van der Waals surface area contributed by atoms with Gasteiger partial charge in [-0.25, -0.2) is 0 Å². The largest absolute Gasteiger partial charge is 0.381 e. The summed E-state index contributed by atoms with van der Waals surface area (Å²) >= 11 is 0. The van der Waals surface area contributed by atoms with Crippen LogP contribution in [-0.2, 0) is 11.8 Å². The van der Waals surface area contributed by atoms with Crippen molar-refractivity contribution in [3.63, 3.8) is 0 Å². The zero-order valence-corrected chi connectivity index (χ0v) is 10.8. The van der Waals surface area contributed by atoms with Gasteiger partial charge in [0, 0.05) is 6.54 Å². The molecule has 0 bridgehead atoms. The first-order chi connectivity index (χ1) is 7.43. The van der Waals surface area contributed by atoms with Gasteiger partial charge in [0.1, 0.15) is 0 Å². The molecule has 0 amide bonds. The highest BCUT2D eigenvalue weighted by atomic mass is 16.3. The van der Waals surface area contributed by atoms with Gasteiger partial charge in [0.15, 0.2) is 0 Å². The van der Waals surface area contributed by atoms with E-state index in [0.717, 1.165) is 13.0 Å². The van der Waals surface area contributed by atoms with Crippen LogP contribution in [0.15, 0.2) is 24.3 Å². The number of benzene rings is 1. The number of aliphatic hydroxyl groups is 1. The maximum Gasteiger partial charge on any atom is 0.0954 e. The number of rotatable bonds is 4. The van der Waals surface area contributed by atoms with Gasteiger partial charge >= 0.3 is 0 Å². The minimum Gasteiger partial charge on any atom is -0.381 e. The number of nitrogens with zero attached hydrogens (tertiary/aromatic N) is 1. The topological polar surface area (TPSA) is 23.5 Å². The van der Waals surface area contributed by atoms with Crippen molar-refractivity contribution in [3.05, 3.63) is 35.4 Å². The van der Waals surface area contributed by atoms with Crippen molar-refractivity contribution < 1.29 is 5.11 Å². The second-order valence-corrected chi connectivity index (χ2v) is 5.42. The molecule has 0 aromatic heterocycles. The predicted octanol–water partition coefficient (Wildman–Crippen LogP) is 2.41. The van der Waals surface area contributed by atoms with Crippen molar-refractivity contribution in [1.29, 1.82) is 0 Å². The van der Waals surface area contributed by atoms with Crippen molar-refractivity contribution in [2.24, 2.45) is 0 Å². The third-order valence-electron chi connectivity index (χ3n) is 2.84. The van der Waals surface area contributed by atoms with E-state index in [4.69, 9.17) is 5.11 Å². The van der Waals surface area contributed by atoms with E-state index < -0.39 is 0 Å². The van der Waals surface area contributed by atoms with Crippen molar-refractivity contribution in [2.45, 2.75) is 32.6 Å². The molecule has 16 heavy (non-hydrogen) atoms. The maximum absolute atomic E-state index is 8.89. The Bertz CT molecular complexity index is 311. The molecule has 2 nitrogen and oxygen atoms in total. The molecule has 0 radical (unpaired) electrons. The summed E-state index contributed by atoms with van der Waals surface area (Å²) in [5.74, 6) is 0. The summed E-state index contributed by atoms with van der Waals surface area (Å²) in [5.41, 5.74) is 2.92. The van der Waals surface area contributed by atoms with E-state index in [2.05, 4.69) is 45.0 Å². The lowest BCUT2D eigenvalue weighted by atomic mass is 9.86. The highest BCUT2D eigenvalue weighted by Crippen LogP contribution is 2.22. The molecule has 0 aliphatic carbocycles. The molecule has 0 saturated carbocycles. The Morgan fingerprint density at radius 3 is 2.12 bits per heavy atom. The Morgan fingerprint density at radius 2 is 1.69 bits per heavy atom. The van der Waals surface area contributed by atoms with E-state index in [1.807, 2.05) is 11.9 Å². The molecular weight excluding hydrogens is 198 g/mol. The Labute approximate surface area is 98.9 Å². The molecule has 1 N–H and O–H groups in total. The van der Waals surface area contributed by atoms with Crippen LogP contribution in [0.4, 0.5) is 0 Å². The quantitative estimate of drug-likeness (QED) is 0.789. The summed E-state index contributed by atoms with van der Waals surface area (Å²) in [6, 6.07) is 8.78. The number of hydrogen-bond acceptors (Lipinski definition) is 2. The van der Waals surface area contributed by atoms with Crippen molar-refractivity contribution in [1.82, 2.24) is 4.90 Å². The molecule has 1 aromatic rings. The summed E-state index contributed by atoms with van der Waals surface area (Å²) in [7, 11) is 1.92. The van der Waals surface area contributed by atoms with Crippen LogP contribution in [0.3, 0.4) is 0 Å². The summed E-state index contributed by atoms with van der Waals surface area (Å²) < 4.78 is 0. The average Bonchev–Trinajstić information content (AvgIpc) is 2.25. The summed E-state index contributed by atoms with van der Waals surface area (Å²) in [5, 5.41) is 8.89. The maximum atomic E-state index is 8.89. The van der Waals surface area contributed by atoms with Crippen LogP contribution >= 0.6 is 0 Å². The summed E-state index contributed by atoms with van der Waals surface area (Å²) in [6.45, 7) is 7.69. The van der Waals surface area contributed by atoms with Crippen LogP contribution in [-0.4, -0.2) is 30.3 Å². The molecular formula is C14H23NO. The molecule has 0 aliphatic rings. The van der Waals surface area contributed by atoms with E-state index in [1.165, 1.54) is 11.1 Å². The third-order valence-corrected chi connectivity index (χ3v) is 2.84. The van der Waals surface area contributed by atoms with Crippen LogP contribution in [0.1, 0.15) is 31.9 Å². The zero-order valence-electron chi connectivity index (χ0n) is 10.8. The van der Waals surface area contributed by atoms with Crippen molar-refractivity contribution >= 4 is 0 Å². The molecule has 2 heteroatoms. The monoisotopic (exact) mass is 221 g/mol. The first kappa shape index (κ1) is 13.2. The molecule has 0 saturated heterocycles. The Morgan fingerprint density at radius 1 is 1.12 bits per heavy atom. The van der Waals surface area contributed by atoms with E-state index in [0.29, 0.717) is 0 Å². The predicted molar refractivity (Wildman–Crippen MR) is 68.6 cm³/mol. The zero-order chi connectivity index (χ0) is 12.2. The second kappa shape index (κ2) is 5.46. The molecule has 1 rings (SSSR count). The second-order valence-electron chi connectivity index (χ2n) is 5.42. The smallest absolute Gasteiger partial charge is 0.0954 e. The summed E-state index contributed by atoms with van der Waals surface area (Å²) in [6.07, 6.45) is 0.988. The van der Waals surface area contributed by atoms with Crippen LogP contribution in [0.2, 0.25) is 0 Å². The highest BCUT2D eigenvalue weighted by Gasteiger charge is 2.12. The molecule has 0 atom stereocenters. The van der Waals surface area contributed by atoms with Gasteiger partial charge in [-0.2, -0.15) is 0 Å². The minimum absolute atomic E-state index is 0.125. The van der Waals surface area contributed by atoms with E-state index >= 15 is 0 Å². The van der Waals surface area contributed by atoms with Gasteiger partial charge in [0.2, 0.25) is 0 Å². The lowest BCUT2D eigenvalue weighted by Crippen LogP contribution is -2.22. The van der Waals surface area contributed by atoms with Crippen molar-refractivity contribution in [3.8, 4) is 0 Å².